The van der Waals surface area contributed by atoms with Gasteiger partial charge in [-0.1, -0.05) is 194 Å². The summed E-state index contributed by atoms with van der Waals surface area (Å²) in [7, 11) is 0. The van der Waals surface area contributed by atoms with Crippen LogP contribution in [0.2, 0.25) is 0 Å². The summed E-state index contributed by atoms with van der Waals surface area (Å²) < 4.78 is 0. The number of aromatic nitrogens is 1. The van der Waals surface area contributed by atoms with E-state index in [1.54, 1.807) is 0 Å². The maximum absolute atomic E-state index is 5.23. The molecule has 1 aliphatic carbocycles. The smallest absolute Gasteiger partial charge is 0.0721 e. The molecule has 11 rings (SSSR count). The summed E-state index contributed by atoms with van der Waals surface area (Å²) in [6.07, 6.45) is 0. The first-order chi connectivity index (χ1) is 28.2. The van der Waals surface area contributed by atoms with E-state index in [0.29, 0.717) is 0 Å². The second kappa shape index (κ2) is 13.4. The van der Waals surface area contributed by atoms with Gasteiger partial charge < -0.3 is 0 Å². The SMILES string of the molecule is c1ccc(-c2cc(-c3ccccc3)c3ccc(-c4ccc5ccc(-c6ccc7c(c6)C(c6ccccc6)(c6ccccc6)c6ccccc6-7)cc5c4)cc3n2)cc1. The Bertz CT molecular complexity index is 3060. The van der Waals surface area contributed by atoms with Gasteiger partial charge in [-0.25, -0.2) is 4.98 Å². The molecule has 0 amide bonds. The average Bonchev–Trinajstić information content (AvgIpc) is 3.59. The fourth-order valence-electron chi connectivity index (χ4n) is 9.25. The number of hydrogen-bond donors (Lipinski definition) is 0. The maximum atomic E-state index is 5.23. The van der Waals surface area contributed by atoms with Crippen LogP contribution in [0.3, 0.4) is 0 Å². The van der Waals surface area contributed by atoms with Gasteiger partial charge in [0.15, 0.2) is 0 Å². The van der Waals surface area contributed by atoms with E-state index in [0.717, 1.165) is 27.7 Å². The van der Waals surface area contributed by atoms with E-state index in [9.17, 15) is 0 Å². The van der Waals surface area contributed by atoms with Crippen molar-refractivity contribution in [3.63, 3.8) is 0 Å². The molecule has 0 spiro atoms. The summed E-state index contributed by atoms with van der Waals surface area (Å²) in [5, 5.41) is 3.58. The summed E-state index contributed by atoms with van der Waals surface area (Å²) in [6.45, 7) is 0. The van der Waals surface area contributed by atoms with Crippen LogP contribution in [-0.2, 0) is 5.41 Å². The number of hydrogen-bond acceptors (Lipinski definition) is 1. The van der Waals surface area contributed by atoms with Crippen LogP contribution in [0.25, 0.3) is 77.4 Å². The molecule has 1 aromatic heterocycles. The van der Waals surface area contributed by atoms with Crippen molar-refractivity contribution >= 4 is 21.7 Å². The topological polar surface area (TPSA) is 12.9 Å². The second-order valence-corrected chi connectivity index (χ2v) is 15.1. The lowest BCUT2D eigenvalue weighted by Crippen LogP contribution is -2.28. The summed E-state index contributed by atoms with van der Waals surface area (Å²) >= 11 is 0. The third kappa shape index (κ3) is 5.43. The summed E-state index contributed by atoms with van der Waals surface area (Å²) in [4.78, 5) is 5.23. The molecule has 1 heteroatoms. The van der Waals surface area contributed by atoms with Gasteiger partial charge in [0.25, 0.3) is 0 Å². The van der Waals surface area contributed by atoms with Gasteiger partial charge in [-0.3, -0.25) is 0 Å². The Kier molecular flexibility index (Phi) is 7.79. The highest BCUT2D eigenvalue weighted by Gasteiger charge is 2.46. The first-order valence-corrected chi connectivity index (χ1v) is 19.7. The Labute approximate surface area is 333 Å². The van der Waals surface area contributed by atoms with Crippen LogP contribution in [0.5, 0.6) is 0 Å². The Hall–Kier alpha value is -7.35. The lowest BCUT2D eigenvalue weighted by molar-refractivity contribution is 0.769. The second-order valence-electron chi connectivity index (χ2n) is 15.1. The van der Waals surface area contributed by atoms with Crippen molar-refractivity contribution in [2.24, 2.45) is 0 Å². The highest BCUT2D eigenvalue weighted by molar-refractivity contribution is 6.00. The van der Waals surface area contributed by atoms with Crippen LogP contribution in [0.15, 0.2) is 224 Å². The standard InChI is InChI=1S/C56H37N/c1-5-15-39(16-6-1)51-37-54(40-17-7-2-8-18-40)57-55-36-44(30-32-50(51)55)42-28-26-38-25-27-41(33-45(38)34-42)43-29-31-49-48-23-13-14-24-52(48)56(53(49)35-43,46-19-9-3-10-20-46)47-21-11-4-12-22-47/h1-37H. The molecule has 1 aliphatic rings. The van der Waals surface area contributed by atoms with Crippen LogP contribution >= 0.6 is 0 Å². The molecule has 0 saturated carbocycles. The third-order valence-electron chi connectivity index (χ3n) is 11.9. The molecule has 1 nitrogen and oxygen atoms in total. The summed E-state index contributed by atoms with van der Waals surface area (Å²) in [5.41, 5.74) is 17.5. The van der Waals surface area contributed by atoms with Crippen molar-refractivity contribution in [3.8, 4) is 55.8 Å². The highest BCUT2D eigenvalue weighted by Crippen LogP contribution is 2.56. The molecule has 0 unspecified atom stereocenters. The van der Waals surface area contributed by atoms with Gasteiger partial charge in [-0.05, 0) is 108 Å². The van der Waals surface area contributed by atoms with Crippen molar-refractivity contribution < 1.29 is 0 Å². The average molecular weight is 724 g/mol. The van der Waals surface area contributed by atoms with Gasteiger partial charge in [-0.2, -0.15) is 0 Å². The van der Waals surface area contributed by atoms with Crippen LogP contribution in [0.1, 0.15) is 22.3 Å². The largest absolute Gasteiger partial charge is 0.248 e. The van der Waals surface area contributed by atoms with Crippen molar-refractivity contribution in [1.29, 1.82) is 0 Å². The molecule has 57 heavy (non-hydrogen) atoms. The van der Waals surface area contributed by atoms with E-state index in [-0.39, 0.29) is 0 Å². The molecular formula is C56H37N. The van der Waals surface area contributed by atoms with Gasteiger partial charge in [-0.15, -0.1) is 0 Å². The number of rotatable bonds is 6. The zero-order valence-electron chi connectivity index (χ0n) is 31.3. The van der Waals surface area contributed by atoms with Crippen LogP contribution in [0, 0.1) is 0 Å². The Morgan fingerprint density at radius 2 is 0.807 bits per heavy atom. The minimum atomic E-state index is -0.431. The Morgan fingerprint density at radius 1 is 0.298 bits per heavy atom. The molecule has 0 N–H and O–H groups in total. The first kappa shape index (κ1) is 33.0. The quantitative estimate of drug-likeness (QED) is 0.166. The van der Waals surface area contributed by atoms with E-state index in [1.165, 1.54) is 72.0 Å². The third-order valence-corrected chi connectivity index (χ3v) is 11.9. The van der Waals surface area contributed by atoms with Gasteiger partial charge in [0.2, 0.25) is 0 Å². The van der Waals surface area contributed by atoms with Crippen molar-refractivity contribution in [3.05, 3.63) is 247 Å². The summed E-state index contributed by atoms with van der Waals surface area (Å²) in [6, 6.07) is 81.9. The number of pyridine rings is 1. The van der Waals surface area contributed by atoms with Crippen LogP contribution in [-0.4, -0.2) is 4.98 Å². The number of nitrogens with zero attached hydrogens (tertiary/aromatic N) is 1. The van der Waals surface area contributed by atoms with E-state index >= 15 is 0 Å². The molecule has 0 saturated heterocycles. The zero-order valence-corrected chi connectivity index (χ0v) is 31.3. The predicted molar refractivity (Wildman–Crippen MR) is 238 cm³/mol. The van der Waals surface area contributed by atoms with Crippen molar-refractivity contribution in [1.82, 2.24) is 4.98 Å². The Morgan fingerprint density at radius 3 is 1.47 bits per heavy atom. The van der Waals surface area contributed by atoms with Gasteiger partial charge >= 0.3 is 0 Å². The Balaban J connectivity index is 1.04. The van der Waals surface area contributed by atoms with Crippen molar-refractivity contribution in [2.45, 2.75) is 5.41 Å². The molecule has 0 fully saturated rings. The summed E-state index contributed by atoms with van der Waals surface area (Å²) in [5.74, 6) is 0. The van der Waals surface area contributed by atoms with E-state index < -0.39 is 5.41 Å². The molecule has 9 aromatic carbocycles. The minimum Gasteiger partial charge on any atom is -0.248 e. The lowest BCUT2D eigenvalue weighted by Gasteiger charge is -2.34. The zero-order chi connectivity index (χ0) is 37.8. The fraction of sp³-hybridized carbons (Fsp3) is 0.0179. The lowest BCUT2D eigenvalue weighted by atomic mass is 9.67. The number of fused-ring (bicyclic) bond motifs is 5. The molecule has 10 aromatic rings. The molecule has 0 bridgehead atoms. The maximum Gasteiger partial charge on any atom is 0.0721 e. The monoisotopic (exact) mass is 723 g/mol. The minimum absolute atomic E-state index is 0.431. The highest BCUT2D eigenvalue weighted by atomic mass is 14.7. The normalized spacial score (nSPS) is 12.7. The molecule has 0 atom stereocenters. The molecular weight excluding hydrogens is 687 g/mol. The van der Waals surface area contributed by atoms with Crippen LogP contribution < -0.4 is 0 Å². The first-order valence-electron chi connectivity index (χ1n) is 19.7. The van der Waals surface area contributed by atoms with E-state index in [4.69, 9.17) is 4.98 Å². The predicted octanol–water partition coefficient (Wildman–Crippen LogP) is 14.4. The molecule has 266 valence electrons. The van der Waals surface area contributed by atoms with Gasteiger partial charge in [0.1, 0.15) is 0 Å². The molecule has 0 aliphatic heterocycles. The fourth-order valence-corrected chi connectivity index (χ4v) is 9.25. The van der Waals surface area contributed by atoms with E-state index in [2.05, 4.69) is 224 Å². The number of benzene rings is 9. The molecule has 0 radical (unpaired) electrons. The van der Waals surface area contributed by atoms with E-state index in [1.807, 2.05) is 0 Å². The van der Waals surface area contributed by atoms with Gasteiger partial charge in [0.05, 0.1) is 16.6 Å². The molecule has 1 heterocycles. The van der Waals surface area contributed by atoms with Crippen LogP contribution in [0.4, 0.5) is 0 Å². The van der Waals surface area contributed by atoms with Gasteiger partial charge in [0, 0.05) is 10.9 Å². The van der Waals surface area contributed by atoms with Crippen molar-refractivity contribution in [2.75, 3.05) is 0 Å².